The van der Waals surface area contributed by atoms with Gasteiger partial charge in [-0.25, -0.2) is 0 Å². The van der Waals surface area contributed by atoms with Gasteiger partial charge in [-0.05, 0) is 44.9 Å². The second-order valence-electron chi connectivity index (χ2n) is 5.28. The van der Waals surface area contributed by atoms with Crippen LogP contribution in [0.1, 0.15) is 31.9 Å². The standard InChI is InChI=1S/C14H23NOS/c1-11-9-12(10-15-14(2,3)4)5-6-13(11)17-8-7-16/h5-6,9,15-16H,7-8,10H2,1-4H3. The summed E-state index contributed by atoms with van der Waals surface area (Å²) in [7, 11) is 0. The van der Waals surface area contributed by atoms with Gasteiger partial charge >= 0.3 is 0 Å². The van der Waals surface area contributed by atoms with Crippen LogP contribution in [-0.2, 0) is 6.54 Å². The largest absolute Gasteiger partial charge is 0.396 e. The maximum absolute atomic E-state index is 8.82. The SMILES string of the molecule is Cc1cc(CNC(C)(C)C)ccc1SCCO. The van der Waals surface area contributed by atoms with Gasteiger partial charge in [-0.2, -0.15) is 0 Å². The van der Waals surface area contributed by atoms with Crippen LogP contribution in [-0.4, -0.2) is 23.0 Å². The van der Waals surface area contributed by atoms with Crippen LogP contribution >= 0.6 is 11.8 Å². The highest BCUT2D eigenvalue weighted by molar-refractivity contribution is 7.99. The molecule has 96 valence electrons. The molecule has 0 saturated heterocycles. The molecule has 0 heterocycles. The normalized spacial score (nSPS) is 11.8. The highest BCUT2D eigenvalue weighted by atomic mass is 32.2. The second kappa shape index (κ2) is 6.43. The predicted octanol–water partition coefficient (Wildman–Crippen LogP) is 2.97. The molecule has 0 saturated carbocycles. The number of hydrogen-bond acceptors (Lipinski definition) is 3. The molecule has 1 rings (SSSR count). The van der Waals surface area contributed by atoms with Gasteiger partial charge in [0.15, 0.2) is 0 Å². The van der Waals surface area contributed by atoms with Crippen molar-refractivity contribution in [2.24, 2.45) is 0 Å². The zero-order valence-electron chi connectivity index (χ0n) is 11.2. The first-order valence-corrected chi connectivity index (χ1v) is 6.99. The molecule has 0 fully saturated rings. The van der Waals surface area contributed by atoms with Crippen LogP contribution < -0.4 is 5.32 Å². The fraction of sp³-hybridized carbons (Fsp3) is 0.571. The van der Waals surface area contributed by atoms with Crippen molar-refractivity contribution in [2.75, 3.05) is 12.4 Å². The third-order valence-corrected chi connectivity index (χ3v) is 3.57. The Morgan fingerprint density at radius 1 is 1.29 bits per heavy atom. The van der Waals surface area contributed by atoms with Crippen molar-refractivity contribution in [2.45, 2.75) is 44.7 Å². The molecule has 1 aromatic carbocycles. The van der Waals surface area contributed by atoms with Crippen LogP contribution in [0.5, 0.6) is 0 Å². The monoisotopic (exact) mass is 253 g/mol. The maximum Gasteiger partial charge on any atom is 0.0525 e. The van der Waals surface area contributed by atoms with E-state index in [9.17, 15) is 0 Å². The van der Waals surface area contributed by atoms with Gasteiger partial charge in [0.2, 0.25) is 0 Å². The van der Waals surface area contributed by atoms with Crippen molar-refractivity contribution in [3.05, 3.63) is 29.3 Å². The summed E-state index contributed by atoms with van der Waals surface area (Å²) in [5.41, 5.74) is 2.75. The Morgan fingerprint density at radius 2 is 2.00 bits per heavy atom. The average molecular weight is 253 g/mol. The minimum Gasteiger partial charge on any atom is -0.396 e. The minimum atomic E-state index is 0.151. The van der Waals surface area contributed by atoms with Crippen molar-refractivity contribution in [3.8, 4) is 0 Å². The highest BCUT2D eigenvalue weighted by Gasteiger charge is 2.08. The Bertz CT molecular complexity index is 358. The van der Waals surface area contributed by atoms with Crippen molar-refractivity contribution in [1.29, 1.82) is 0 Å². The number of aliphatic hydroxyl groups is 1. The molecule has 2 nitrogen and oxygen atoms in total. The molecule has 0 unspecified atom stereocenters. The van der Waals surface area contributed by atoms with E-state index in [4.69, 9.17) is 5.11 Å². The lowest BCUT2D eigenvalue weighted by atomic mass is 10.1. The lowest BCUT2D eigenvalue weighted by Gasteiger charge is -2.21. The van der Waals surface area contributed by atoms with Gasteiger partial charge in [-0.1, -0.05) is 12.1 Å². The topological polar surface area (TPSA) is 32.3 Å². The molecule has 0 aliphatic rings. The van der Waals surface area contributed by atoms with Crippen LogP contribution in [0, 0.1) is 6.92 Å². The van der Waals surface area contributed by atoms with Crippen LogP contribution in [0.25, 0.3) is 0 Å². The number of aliphatic hydroxyl groups excluding tert-OH is 1. The number of thioether (sulfide) groups is 1. The van der Waals surface area contributed by atoms with Gasteiger partial charge in [0.25, 0.3) is 0 Å². The molecule has 0 radical (unpaired) electrons. The Morgan fingerprint density at radius 3 is 2.53 bits per heavy atom. The summed E-state index contributed by atoms with van der Waals surface area (Å²) in [6.45, 7) is 9.77. The number of nitrogens with one attached hydrogen (secondary N) is 1. The van der Waals surface area contributed by atoms with Gasteiger partial charge in [0.1, 0.15) is 0 Å². The molecule has 0 spiro atoms. The van der Waals surface area contributed by atoms with E-state index in [1.807, 2.05) is 0 Å². The van der Waals surface area contributed by atoms with E-state index < -0.39 is 0 Å². The summed E-state index contributed by atoms with van der Waals surface area (Å²) in [5, 5.41) is 12.3. The van der Waals surface area contributed by atoms with Crippen molar-refractivity contribution >= 4 is 11.8 Å². The summed E-state index contributed by atoms with van der Waals surface area (Å²) < 4.78 is 0. The first-order chi connectivity index (χ1) is 7.92. The van der Waals surface area contributed by atoms with E-state index in [1.54, 1.807) is 11.8 Å². The molecule has 0 aromatic heterocycles. The molecule has 0 aliphatic heterocycles. The Kier molecular flexibility index (Phi) is 5.50. The van der Waals surface area contributed by atoms with Crippen molar-refractivity contribution in [3.63, 3.8) is 0 Å². The van der Waals surface area contributed by atoms with Gasteiger partial charge in [0.05, 0.1) is 6.61 Å². The zero-order chi connectivity index (χ0) is 12.9. The van der Waals surface area contributed by atoms with Crippen LogP contribution in [0.3, 0.4) is 0 Å². The molecule has 2 N–H and O–H groups in total. The van der Waals surface area contributed by atoms with Crippen molar-refractivity contribution in [1.82, 2.24) is 5.32 Å². The zero-order valence-corrected chi connectivity index (χ0v) is 12.0. The molecule has 0 aliphatic carbocycles. The van der Waals surface area contributed by atoms with Gasteiger partial charge < -0.3 is 10.4 Å². The molecule has 0 atom stereocenters. The fourth-order valence-electron chi connectivity index (χ4n) is 1.51. The van der Waals surface area contributed by atoms with Crippen LogP contribution in [0.2, 0.25) is 0 Å². The number of rotatable bonds is 5. The molecule has 17 heavy (non-hydrogen) atoms. The van der Waals surface area contributed by atoms with Gasteiger partial charge in [-0.3, -0.25) is 0 Å². The Hall–Kier alpha value is -0.510. The maximum atomic E-state index is 8.82. The quantitative estimate of drug-likeness (QED) is 0.791. The highest BCUT2D eigenvalue weighted by Crippen LogP contribution is 2.23. The summed E-state index contributed by atoms with van der Waals surface area (Å²) in [4.78, 5) is 1.26. The third-order valence-electron chi connectivity index (χ3n) is 2.41. The molecule has 1 aromatic rings. The van der Waals surface area contributed by atoms with Gasteiger partial charge in [0, 0.05) is 22.7 Å². The molecule has 3 heteroatoms. The fourth-order valence-corrected chi connectivity index (χ4v) is 2.27. The lowest BCUT2D eigenvalue weighted by Crippen LogP contribution is -2.35. The van der Waals surface area contributed by atoms with Crippen LogP contribution in [0.15, 0.2) is 23.1 Å². The second-order valence-corrected chi connectivity index (χ2v) is 6.41. The van der Waals surface area contributed by atoms with Crippen LogP contribution in [0.4, 0.5) is 0 Å². The van der Waals surface area contributed by atoms with Gasteiger partial charge in [-0.15, -0.1) is 11.8 Å². The predicted molar refractivity (Wildman–Crippen MR) is 75.6 cm³/mol. The molecular weight excluding hydrogens is 230 g/mol. The van der Waals surface area contributed by atoms with E-state index in [0.29, 0.717) is 0 Å². The van der Waals surface area contributed by atoms with E-state index in [-0.39, 0.29) is 12.1 Å². The number of aryl methyl sites for hydroxylation is 1. The minimum absolute atomic E-state index is 0.151. The lowest BCUT2D eigenvalue weighted by molar-refractivity contribution is 0.322. The molecule has 0 amide bonds. The average Bonchev–Trinajstić information content (AvgIpc) is 2.24. The summed E-state index contributed by atoms with van der Waals surface area (Å²) in [5.74, 6) is 0.764. The first kappa shape index (κ1) is 14.6. The van der Waals surface area contributed by atoms with Crippen molar-refractivity contribution < 1.29 is 5.11 Å². The van der Waals surface area contributed by atoms with E-state index in [2.05, 4.69) is 51.2 Å². The smallest absolute Gasteiger partial charge is 0.0525 e. The summed E-state index contributed by atoms with van der Waals surface area (Å²) in [6.07, 6.45) is 0. The Balaban J connectivity index is 2.62. The number of hydrogen-bond donors (Lipinski definition) is 2. The number of benzene rings is 1. The van der Waals surface area contributed by atoms with E-state index in [0.717, 1.165) is 12.3 Å². The summed E-state index contributed by atoms with van der Waals surface area (Å²) in [6, 6.07) is 6.53. The first-order valence-electron chi connectivity index (χ1n) is 6.00. The third kappa shape index (κ3) is 5.57. The Labute approximate surface area is 109 Å². The molecule has 0 bridgehead atoms. The van der Waals surface area contributed by atoms with E-state index >= 15 is 0 Å². The summed E-state index contributed by atoms with van der Waals surface area (Å²) >= 11 is 1.71. The molecular formula is C14H23NOS. The van der Waals surface area contributed by atoms with E-state index in [1.165, 1.54) is 16.0 Å².